The summed E-state index contributed by atoms with van der Waals surface area (Å²) in [7, 11) is -3.82. The van der Waals surface area contributed by atoms with Crippen LogP contribution in [0.15, 0.2) is 53.4 Å². The van der Waals surface area contributed by atoms with Crippen LogP contribution in [0.5, 0.6) is 0 Å². The number of anilines is 1. The van der Waals surface area contributed by atoms with Gasteiger partial charge in [0.05, 0.1) is 10.5 Å². The Kier molecular flexibility index (Phi) is 6.81. The Bertz CT molecular complexity index is 912. The largest absolute Gasteiger partial charge is 0.449 e. The molecule has 0 heterocycles. The molecule has 2 rings (SSSR count). The van der Waals surface area contributed by atoms with Gasteiger partial charge in [-0.2, -0.15) is 0 Å². The number of halogens is 1. The van der Waals surface area contributed by atoms with Gasteiger partial charge in [-0.25, -0.2) is 13.2 Å². The summed E-state index contributed by atoms with van der Waals surface area (Å²) in [4.78, 5) is 23.7. The monoisotopic (exact) mass is 410 g/mol. The van der Waals surface area contributed by atoms with Crippen LogP contribution in [0.25, 0.3) is 0 Å². The Hall–Kier alpha value is -2.58. The molecule has 2 aromatic rings. The third kappa shape index (κ3) is 5.70. The van der Waals surface area contributed by atoms with Gasteiger partial charge >= 0.3 is 5.97 Å². The highest BCUT2D eigenvalue weighted by Crippen LogP contribution is 2.19. The van der Waals surface area contributed by atoms with Gasteiger partial charge < -0.3 is 10.1 Å². The molecule has 27 heavy (non-hydrogen) atoms. The summed E-state index contributed by atoms with van der Waals surface area (Å²) in [5.74, 6) is -1.12. The molecule has 0 saturated heterocycles. The number of likely N-dealkylation sites (N-methyl/N-ethyl adjacent to an activating group) is 1. The molecule has 0 aliphatic heterocycles. The molecule has 144 valence electrons. The second kappa shape index (κ2) is 8.88. The molecule has 0 saturated carbocycles. The highest BCUT2D eigenvalue weighted by molar-refractivity contribution is 7.92. The van der Waals surface area contributed by atoms with Gasteiger partial charge in [-0.3, -0.25) is 9.52 Å². The predicted molar refractivity (Wildman–Crippen MR) is 102 cm³/mol. The second-order valence-corrected chi connectivity index (χ2v) is 7.70. The lowest BCUT2D eigenvalue weighted by atomic mass is 10.2. The van der Waals surface area contributed by atoms with Gasteiger partial charge in [0, 0.05) is 17.3 Å². The van der Waals surface area contributed by atoms with E-state index in [9.17, 15) is 18.0 Å². The molecule has 0 aromatic heterocycles. The predicted octanol–water partition coefficient (Wildman–Crippen LogP) is 2.82. The summed E-state index contributed by atoms with van der Waals surface area (Å²) in [6, 6.07) is 11.4. The minimum Gasteiger partial charge on any atom is -0.449 e. The number of rotatable bonds is 7. The van der Waals surface area contributed by atoms with Gasteiger partial charge in [0.25, 0.3) is 15.9 Å². The summed E-state index contributed by atoms with van der Waals surface area (Å²) in [5, 5.41) is 3.03. The van der Waals surface area contributed by atoms with Crippen LogP contribution in [-0.4, -0.2) is 32.9 Å². The van der Waals surface area contributed by atoms with E-state index in [1.807, 2.05) is 0 Å². The van der Waals surface area contributed by atoms with Crippen molar-refractivity contribution in [2.45, 2.75) is 24.8 Å². The third-order valence-corrected chi connectivity index (χ3v) is 5.15. The minimum absolute atomic E-state index is 0.0224. The molecule has 7 nitrogen and oxygen atoms in total. The van der Waals surface area contributed by atoms with Gasteiger partial charge in [-0.05, 0) is 62.4 Å². The van der Waals surface area contributed by atoms with E-state index in [0.29, 0.717) is 17.3 Å². The highest BCUT2D eigenvalue weighted by Gasteiger charge is 2.19. The van der Waals surface area contributed by atoms with Crippen molar-refractivity contribution in [2.24, 2.45) is 0 Å². The first-order valence-corrected chi connectivity index (χ1v) is 9.96. The summed E-state index contributed by atoms with van der Waals surface area (Å²) in [6.45, 7) is 3.63. The van der Waals surface area contributed by atoms with Crippen molar-refractivity contribution in [3.63, 3.8) is 0 Å². The number of carbonyl (C=O) groups is 2. The van der Waals surface area contributed by atoms with Crippen molar-refractivity contribution < 1.29 is 22.7 Å². The number of hydrogen-bond acceptors (Lipinski definition) is 5. The molecular formula is C18H19ClN2O5S. The maximum absolute atomic E-state index is 12.4. The van der Waals surface area contributed by atoms with E-state index >= 15 is 0 Å². The molecule has 1 amide bonds. The molecule has 0 spiro atoms. The molecule has 2 aromatic carbocycles. The third-order valence-electron chi connectivity index (χ3n) is 3.50. The molecule has 0 fully saturated rings. The fourth-order valence-corrected chi connectivity index (χ4v) is 3.29. The van der Waals surface area contributed by atoms with Gasteiger partial charge in [-0.1, -0.05) is 11.6 Å². The Balaban J connectivity index is 2.08. The van der Waals surface area contributed by atoms with E-state index in [0.717, 1.165) is 0 Å². The fourth-order valence-electron chi connectivity index (χ4n) is 2.10. The molecule has 9 heteroatoms. The summed E-state index contributed by atoms with van der Waals surface area (Å²) in [5.41, 5.74) is 0.496. The van der Waals surface area contributed by atoms with Crippen LogP contribution in [0, 0.1) is 0 Å². The zero-order valence-corrected chi connectivity index (χ0v) is 16.3. The number of carbonyl (C=O) groups excluding carboxylic acids is 2. The highest BCUT2D eigenvalue weighted by atomic mass is 35.5. The van der Waals surface area contributed by atoms with E-state index in [1.54, 1.807) is 19.1 Å². The van der Waals surface area contributed by atoms with Crippen LogP contribution < -0.4 is 10.0 Å². The van der Waals surface area contributed by atoms with E-state index in [4.69, 9.17) is 16.3 Å². The van der Waals surface area contributed by atoms with Crippen LogP contribution in [0.3, 0.4) is 0 Å². The lowest BCUT2D eigenvalue weighted by Gasteiger charge is -2.13. The van der Waals surface area contributed by atoms with Crippen LogP contribution >= 0.6 is 11.6 Å². The maximum Gasteiger partial charge on any atom is 0.338 e. The lowest BCUT2D eigenvalue weighted by Crippen LogP contribution is -2.35. The van der Waals surface area contributed by atoms with E-state index < -0.39 is 28.0 Å². The Morgan fingerprint density at radius 2 is 1.67 bits per heavy atom. The number of nitrogens with one attached hydrogen (secondary N) is 2. The van der Waals surface area contributed by atoms with Crippen molar-refractivity contribution in [1.29, 1.82) is 0 Å². The second-order valence-electron chi connectivity index (χ2n) is 5.58. The van der Waals surface area contributed by atoms with Crippen LogP contribution in [0.2, 0.25) is 5.02 Å². The average Bonchev–Trinajstić information content (AvgIpc) is 2.63. The van der Waals surface area contributed by atoms with Gasteiger partial charge in [-0.15, -0.1) is 0 Å². The van der Waals surface area contributed by atoms with E-state index in [-0.39, 0.29) is 10.5 Å². The lowest BCUT2D eigenvalue weighted by molar-refractivity contribution is -0.128. The SMILES string of the molecule is CCNC(=O)[C@H](C)OC(=O)c1ccc(S(=O)(=O)Nc2ccc(Cl)cc2)cc1. The molecule has 0 radical (unpaired) electrons. The Morgan fingerprint density at radius 1 is 1.07 bits per heavy atom. The van der Waals surface area contributed by atoms with Crippen LogP contribution in [0.1, 0.15) is 24.2 Å². The molecular weight excluding hydrogens is 392 g/mol. The first kappa shape index (κ1) is 20.7. The maximum atomic E-state index is 12.4. The smallest absolute Gasteiger partial charge is 0.338 e. The molecule has 0 unspecified atom stereocenters. The first-order chi connectivity index (χ1) is 12.7. The van der Waals surface area contributed by atoms with E-state index in [1.165, 1.54) is 43.3 Å². The minimum atomic E-state index is -3.82. The number of sulfonamides is 1. The standard InChI is InChI=1S/C18H19ClN2O5S/c1-3-20-17(22)12(2)26-18(23)13-4-10-16(11-5-13)27(24,25)21-15-8-6-14(19)7-9-15/h4-12,21H,3H2,1-2H3,(H,20,22)/t12-/m0/s1. The summed E-state index contributed by atoms with van der Waals surface area (Å²) in [6.07, 6.45) is -0.951. The van der Waals surface area contributed by atoms with Crippen LogP contribution in [0.4, 0.5) is 5.69 Å². The number of hydrogen-bond donors (Lipinski definition) is 2. The van der Waals surface area contributed by atoms with Crippen molar-refractivity contribution in [3.05, 3.63) is 59.1 Å². The number of esters is 1. The fraction of sp³-hybridized carbons (Fsp3) is 0.222. The number of ether oxygens (including phenoxy) is 1. The van der Waals surface area contributed by atoms with Crippen molar-refractivity contribution in [1.82, 2.24) is 5.32 Å². The van der Waals surface area contributed by atoms with Crippen molar-refractivity contribution >= 4 is 39.2 Å². The zero-order chi connectivity index (χ0) is 20.0. The first-order valence-electron chi connectivity index (χ1n) is 8.10. The zero-order valence-electron chi connectivity index (χ0n) is 14.7. The van der Waals surface area contributed by atoms with Crippen molar-refractivity contribution in [3.8, 4) is 0 Å². The van der Waals surface area contributed by atoms with E-state index in [2.05, 4.69) is 10.0 Å². The average molecular weight is 411 g/mol. The summed E-state index contributed by atoms with van der Waals surface area (Å²) < 4.78 is 32.3. The quantitative estimate of drug-likeness (QED) is 0.683. The Morgan fingerprint density at radius 3 is 2.22 bits per heavy atom. The Labute approximate surface area is 162 Å². The molecule has 1 atom stereocenters. The number of amides is 1. The summed E-state index contributed by atoms with van der Waals surface area (Å²) >= 11 is 5.77. The normalized spacial score (nSPS) is 12.1. The van der Waals surface area contributed by atoms with Gasteiger partial charge in [0.1, 0.15) is 0 Å². The van der Waals surface area contributed by atoms with Gasteiger partial charge in [0.15, 0.2) is 6.10 Å². The number of benzene rings is 2. The molecule has 2 N–H and O–H groups in total. The molecule has 0 aliphatic rings. The molecule has 0 aliphatic carbocycles. The molecule has 0 bridgehead atoms. The van der Waals surface area contributed by atoms with Gasteiger partial charge in [0.2, 0.25) is 0 Å². The van der Waals surface area contributed by atoms with Crippen LogP contribution in [-0.2, 0) is 19.6 Å². The van der Waals surface area contributed by atoms with Crippen molar-refractivity contribution in [2.75, 3.05) is 11.3 Å². The topological polar surface area (TPSA) is 102 Å².